The van der Waals surface area contributed by atoms with E-state index in [0.29, 0.717) is 23.4 Å². The van der Waals surface area contributed by atoms with Crippen molar-refractivity contribution in [2.24, 2.45) is 5.10 Å². The van der Waals surface area contributed by atoms with Gasteiger partial charge in [-0.2, -0.15) is 5.10 Å². The average molecular weight is 370 g/mol. The summed E-state index contributed by atoms with van der Waals surface area (Å²) in [6, 6.07) is 10.8. The summed E-state index contributed by atoms with van der Waals surface area (Å²) in [4.78, 5) is 37.4. The summed E-state index contributed by atoms with van der Waals surface area (Å²) in [5, 5.41) is 8.64. The number of anilines is 1. The van der Waals surface area contributed by atoms with E-state index in [1.54, 1.807) is 31.3 Å². The number of hydrogen-bond acceptors (Lipinski definition) is 5. The summed E-state index contributed by atoms with van der Waals surface area (Å²) in [6.07, 6.45) is 1.01. The van der Waals surface area contributed by atoms with Gasteiger partial charge in [0.05, 0.1) is 17.1 Å². The second kappa shape index (κ2) is 7.92. The SMILES string of the molecule is CN(CC(=O)Nc1ccc(C2=NNC(=O)CC2)cc1)C(=O)c1cccs1. The van der Waals surface area contributed by atoms with Crippen LogP contribution in [0, 0.1) is 0 Å². The van der Waals surface area contributed by atoms with Crippen LogP contribution in [0.15, 0.2) is 46.9 Å². The van der Waals surface area contributed by atoms with Gasteiger partial charge in [-0.1, -0.05) is 18.2 Å². The van der Waals surface area contributed by atoms with E-state index in [2.05, 4.69) is 15.8 Å². The van der Waals surface area contributed by atoms with Crippen molar-refractivity contribution in [3.63, 3.8) is 0 Å². The molecule has 0 radical (unpaired) electrons. The maximum Gasteiger partial charge on any atom is 0.264 e. The van der Waals surface area contributed by atoms with Crippen LogP contribution < -0.4 is 10.7 Å². The molecular weight excluding hydrogens is 352 g/mol. The summed E-state index contributed by atoms with van der Waals surface area (Å²) in [5.74, 6) is -0.533. The summed E-state index contributed by atoms with van der Waals surface area (Å²) >= 11 is 1.35. The van der Waals surface area contributed by atoms with E-state index in [1.165, 1.54) is 16.2 Å². The van der Waals surface area contributed by atoms with Crippen molar-refractivity contribution in [1.29, 1.82) is 0 Å². The third kappa shape index (κ3) is 4.34. The van der Waals surface area contributed by atoms with Gasteiger partial charge in [-0.15, -0.1) is 11.3 Å². The summed E-state index contributed by atoms with van der Waals surface area (Å²) in [7, 11) is 1.60. The Morgan fingerprint density at radius 1 is 1.23 bits per heavy atom. The summed E-state index contributed by atoms with van der Waals surface area (Å²) in [6.45, 7) is -0.0305. The molecule has 0 saturated carbocycles. The molecule has 134 valence electrons. The van der Waals surface area contributed by atoms with Gasteiger partial charge < -0.3 is 10.2 Å². The fraction of sp³-hybridized carbons (Fsp3) is 0.222. The Morgan fingerprint density at radius 2 is 2.00 bits per heavy atom. The zero-order valence-corrected chi connectivity index (χ0v) is 15.0. The highest BCUT2D eigenvalue weighted by Gasteiger charge is 2.16. The zero-order chi connectivity index (χ0) is 18.5. The van der Waals surface area contributed by atoms with Gasteiger partial charge >= 0.3 is 0 Å². The maximum absolute atomic E-state index is 12.1. The third-order valence-corrected chi connectivity index (χ3v) is 4.72. The van der Waals surface area contributed by atoms with Gasteiger partial charge in [0, 0.05) is 25.6 Å². The van der Waals surface area contributed by atoms with E-state index < -0.39 is 0 Å². The molecule has 7 nitrogen and oxygen atoms in total. The second-order valence-electron chi connectivity index (χ2n) is 5.86. The van der Waals surface area contributed by atoms with Gasteiger partial charge in [-0.25, -0.2) is 5.43 Å². The highest BCUT2D eigenvalue weighted by Crippen LogP contribution is 2.15. The van der Waals surface area contributed by atoms with E-state index in [0.717, 1.165) is 11.3 Å². The third-order valence-electron chi connectivity index (χ3n) is 3.87. The smallest absolute Gasteiger partial charge is 0.264 e. The number of hydrazone groups is 1. The van der Waals surface area contributed by atoms with Crippen LogP contribution >= 0.6 is 11.3 Å². The second-order valence-corrected chi connectivity index (χ2v) is 6.81. The lowest BCUT2D eigenvalue weighted by Gasteiger charge is -2.16. The molecule has 26 heavy (non-hydrogen) atoms. The largest absolute Gasteiger partial charge is 0.332 e. The molecule has 2 heterocycles. The predicted molar refractivity (Wildman–Crippen MR) is 100 cm³/mol. The summed E-state index contributed by atoms with van der Waals surface area (Å²) in [5.41, 5.74) is 4.80. The highest BCUT2D eigenvalue weighted by molar-refractivity contribution is 7.12. The number of nitrogens with zero attached hydrogens (tertiary/aromatic N) is 2. The number of carbonyl (C=O) groups excluding carboxylic acids is 3. The number of hydrogen-bond donors (Lipinski definition) is 2. The Bertz CT molecular complexity index is 844. The first-order valence-electron chi connectivity index (χ1n) is 8.07. The van der Waals surface area contributed by atoms with E-state index in [-0.39, 0.29) is 24.3 Å². The highest BCUT2D eigenvalue weighted by atomic mass is 32.1. The van der Waals surface area contributed by atoms with Crippen molar-refractivity contribution < 1.29 is 14.4 Å². The Kier molecular flexibility index (Phi) is 5.43. The van der Waals surface area contributed by atoms with Crippen LogP contribution in [-0.4, -0.2) is 41.9 Å². The minimum absolute atomic E-state index is 0.0305. The molecule has 1 aliphatic rings. The number of likely N-dealkylation sites (N-methyl/N-ethyl adjacent to an activating group) is 1. The molecule has 2 N–H and O–H groups in total. The zero-order valence-electron chi connectivity index (χ0n) is 14.2. The Morgan fingerprint density at radius 3 is 2.62 bits per heavy atom. The van der Waals surface area contributed by atoms with Crippen LogP contribution in [0.5, 0.6) is 0 Å². The fourth-order valence-electron chi connectivity index (χ4n) is 2.50. The molecule has 1 aromatic heterocycles. The van der Waals surface area contributed by atoms with Crippen molar-refractivity contribution in [3.8, 4) is 0 Å². The standard InChI is InChI=1S/C18H18N4O3S/c1-22(18(25)15-3-2-10-26-15)11-17(24)19-13-6-4-12(5-7-13)14-8-9-16(23)21-20-14/h2-7,10H,8-9,11H2,1H3,(H,19,24)(H,21,23). The Labute approximate surface area is 154 Å². The average Bonchev–Trinajstić information content (AvgIpc) is 3.17. The van der Waals surface area contributed by atoms with Crippen molar-refractivity contribution in [2.75, 3.05) is 18.9 Å². The van der Waals surface area contributed by atoms with Crippen molar-refractivity contribution in [3.05, 3.63) is 52.2 Å². The molecule has 0 spiro atoms. The van der Waals surface area contributed by atoms with Crippen LogP contribution in [0.2, 0.25) is 0 Å². The number of thiophene rings is 1. The van der Waals surface area contributed by atoms with Gasteiger partial charge in [0.1, 0.15) is 0 Å². The Balaban J connectivity index is 1.56. The number of rotatable bonds is 5. The number of amides is 3. The first kappa shape index (κ1) is 17.8. The van der Waals surface area contributed by atoms with Crippen LogP contribution in [0.1, 0.15) is 28.1 Å². The molecule has 0 saturated heterocycles. The lowest BCUT2D eigenvalue weighted by Crippen LogP contribution is -2.34. The van der Waals surface area contributed by atoms with Crippen LogP contribution in [0.4, 0.5) is 5.69 Å². The lowest BCUT2D eigenvalue weighted by atomic mass is 10.0. The minimum Gasteiger partial charge on any atom is -0.332 e. The van der Waals surface area contributed by atoms with Gasteiger partial charge in [0.25, 0.3) is 5.91 Å². The monoisotopic (exact) mass is 370 g/mol. The van der Waals surface area contributed by atoms with E-state index in [9.17, 15) is 14.4 Å². The van der Waals surface area contributed by atoms with Gasteiger partial charge in [0.15, 0.2) is 0 Å². The molecule has 0 atom stereocenters. The molecule has 0 fully saturated rings. The van der Waals surface area contributed by atoms with E-state index in [1.807, 2.05) is 17.5 Å². The predicted octanol–water partition coefficient (Wildman–Crippen LogP) is 2.07. The molecule has 0 bridgehead atoms. The van der Waals surface area contributed by atoms with Crippen LogP contribution in [-0.2, 0) is 9.59 Å². The van der Waals surface area contributed by atoms with E-state index >= 15 is 0 Å². The first-order valence-corrected chi connectivity index (χ1v) is 8.95. The van der Waals surface area contributed by atoms with Crippen molar-refractivity contribution in [1.82, 2.24) is 10.3 Å². The number of carbonyl (C=O) groups is 3. The molecule has 8 heteroatoms. The molecule has 0 aliphatic carbocycles. The van der Waals surface area contributed by atoms with Crippen molar-refractivity contribution in [2.45, 2.75) is 12.8 Å². The quantitative estimate of drug-likeness (QED) is 0.844. The van der Waals surface area contributed by atoms with Gasteiger partial charge in [-0.05, 0) is 29.1 Å². The molecule has 0 unspecified atom stereocenters. The van der Waals surface area contributed by atoms with E-state index in [4.69, 9.17) is 0 Å². The molecule has 1 aliphatic heterocycles. The number of nitrogens with one attached hydrogen (secondary N) is 2. The molecular formula is C18H18N4O3S. The lowest BCUT2D eigenvalue weighted by molar-refractivity contribution is -0.121. The maximum atomic E-state index is 12.1. The van der Waals surface area contributed by atoms with Gasteiger partial charge in [-0.3, -0.25) is 14.4 Å². The van der Waals surface area contributed by atoms with Gasteiger partial charge in [0.2, 0.25) is 11.8 Å². The number of benzene rings is 1. The van der Waals surface area contributed by atoms with Crippen LogP contribution in [0.25, 0.3) is 0 Å². The minimum atomic E-state index is -0.271. The molecule has 3 rings (SSSR count). The van der Waals surface area contributed by atoms with Crippen molar-refractivity contribution >= 4 is 40.5 Å². The molecule has 2 aromatic rings. The topological polar surface area (TPSA) is 90.9 Å². The first-order chi connectivity index (χ1) is 12.5. The Hall–Kier alpha value is -3.00. The van der Waals surface area contributed by atoms with Crippen LogP contribution in [0.3, 0.4) is 0 Å². The normalized spacial score (nSPS) is 13.6. The fourth-order valence-corrected chi connectivity index (χ4v) is 3.22. The molecule has 1 aromatic carbocycles. The molecule has 3 amide bonds. The summed E-state index contributed by atoms with van der Waals surface area (Å²) < 4.78 is 0.